The molecule has 4 aromatic rings. The van der Waals surface area contributed by atoms with Crippen LogP contribution in [0.3, 0.4) is 0 Å². The smallest absolute Gasteiger partial charge is 0.242 e. The predicted octanol–water partition coefficient (Wildman–Crippen LogP) is 5.26. The van der Waals surface area contributed by atoms with Crippen LogP contribution in [0.1, 0.15) is 23.1 Å². The van der Waals surface area contributed by atoms with Crippen LogP contribution < -0.4 is 10.8 Å². The molecule has 0 atom stereocenters. The molecule has 0 aliphatic rings. The molecule has 0 spiro atoms. The zero-order chi connectivity index (χ0) is 23.8. The predicted molar refractivity (Wildman–Crippen MR) is 136 cm³/mol. The van der Waals surface area contributed by atoms with E-state index < -0.39 is 0 Å². The van der Waals surface area contributed by atoms with Crippen LogP contribution in [-0.2, 0) is 17.9 Å². The molecule has 0 amide bonds. The topological polar surface area (TPSA) is 100 Å². The number of benzene rings is 3. The van der Waals surface area contributed by atoms with Crippen LogP contribution in [-0.4, -0.2) is 32.4 Å². The molecule has 8 nitrogen and oxygen atoms in total. The summed E-state index contributed by atoms with van der Waals surface area (Å²) < 4.78 is 1.97. The highest BCUT2D eigenvalue weighted by molar-refractivity contribution is 7.71. The molecule has 0 radical (unpaired) electrons. The first kappa shape index (κ1) is 23.2. The van der Waals surface area contributed by atoms with Gasteiger partial charge in [0.25, 0.3) is 0 Å². The molecule has 0 aliphatic carbocycles. The van der Waals surface area contributed by atoms with Crippen molar-refractivity contribution in [1.29, 1.82) is 0 Å². The maximum atomic E-state index is 9.39. The van der Waals surface area contributed by atoms with Gasteiger partial charge in [-0.05, 0) is 78.1 Å². The van der Waals surface area contributed by atoms with Gasteiger partial charge in [-0.1, -0.05) is 52.8 Å². The molecule has 4 N–H and O–H groups in total. The molecular weight excluding hydrogens is 448 g/mol. The van der Waals surface area contributed by atoms with E-state index in [1.54, 1.807) is 16.8 Å². The number of phenolic OH excluding ortho intramolecular Hbond substituents is 1. The monoisotopic (exact) mass is 474 g/mol. The van der Waals surface area contributed by atoms with Crippen LogP contribution >= 0.6 is 12.2 Å². The van der Waals surface area contributed by atoms with Gasteiger partial charge in [-0.15, -0.1) is 0 Å². The van der Waals surface area contributed by atoms with Crippen molar-refractivity contribution in [2.24, 2.45) is 0 Å². The molecule has 3 aromatic carbocycles. The number of tetrazole rings is 1. The van der Waals surface area contributed by atoms with E-state index in [0.717, 1.165) is 41.0 Å². The number of phenols is 1. The average molecular weight is 475 g/mol. The van der Waals surface area contributed by atoms with Crippen molar-refractivity contribution >= 4 is 29.7 Å². The van der Waals surface area contributed by atoms with E-state index in [1.165, 1.54) is 5.56 Å². The Morgan fingerprint density at radius 2 is 1.97 bits per heavy atom. The number of anilines is 2. The third-order valence-corrected chi connectivity index (χ3v) is 5.49. The number of H-pyrrole nitrogens is 1. The summed E-state index contributed by atoms with van der Waals surface area (Å²) in [7, 11) is 1.93. The molecular formula is C25H26N6O2S. The Balaban J connectivity index is 1.34. The molecule has 4 rings (SSSR count). The van der Waals surface area contributed by atoms with Crippen LogP contribution in [0.4, 0.5) is 11.4 Å². The third kappa shape index (κ3) is 6.09. The Labute approximate surface area is 202 Å². The van der Waals surface area contributed by atoms with E-state index in [-0.39, 0.29) is 5.75 Å². The Morgan fingerprint density at radius 3 is 2.74 bits per heavy atom. The average Bonchev–Trinajstić information content (AvgIpc) is 3.29. The zero-order valence-electron chi connectivity index (χ0n) is 18.7. The molecule has 0 bridgehead atoms. The summed E-state index contributed by atoms with van der Waals surface area (Å²) in [5.74, 6) is 0.275. The summed E-state index contributed by atoms with van der Waals surface area (Å²) >= 11 is 5.15. The molecule has 9 heteroatoms. The first-order valence-corrected chi connectivity index (χ1v) is 11.3. The fourth-order valence-corrected chi connectivity index (χ4v) is 3.70. The highest BCUT2D eigenvalue weighted by atomic mass is 32.1. The van der Waals surface area contributed by atoms with E-state index in [1.807, 2.05) is 43.4 Å². The molecule has 34 heavy (non-hydrogen) atoms. The van der Waals surface area contributed by atoms with Gasteiger partial charge in [-0.25, -0.2) is 4.68 Å². The number of hydrogen-bond donors (Lipinski definition) is 4. The normalized spacial score (nSPS) is 11.1. The lowest BCUT2D eigenvalue weighted by atomic mass is 10.0. The minimum atomic E-state index is 0.275. The van der Waals surface area contributed by atoms with Crippen LogP contribution in [0.5, 0.6) is 5.75 Å². The zero-order valence-corrected chi connectivity index (χ0v) is 19.5. The maximum Gasteiger partial charge on any atom is 0.242 e. The molecule has 0 saturated heterocycles. The van der Waals surface area contributed by atoms with Crippen molar-refractivity contribution in [2.75, 3.05) is 17.8 Å². The summed E-state index contributed by atoms with van der Waals surface area (Å²) in [6, 6.07) is 21.1. The highest BCUT2D eigenvalue weighted by Crippen LogP contribution is 2.21. The molecule has 0 fully saturated rings. The van der Waals surface area contributed by atoms with Gasteiger partial charge in [0.05, 0.1) is 18.0 Å². The number of nitrogens with one attached hydrogen (secondary N) is 3. The number of rotatable bonds is 10. The number of aromatic hydroxyl groups is 1. The van der Waals surface area contributed by atoms with E-state index in [0.29, 0.717) is 11.4 Å². The number of aryl methyl sites for hydroxylation is 1. The van der Waals surface area contributed by atoms with Gasteiger partial charge in [0.15, 0.2) is 0 Å². The maximum absolute atomic E-state index is 9.39. The summed E-state index contributed by atoms with van der Waals surface area (Å²) in [6.07, 6.45) is 6.00. The van der Waals surface area contributed by atoms with Crippen LogP contribution in [0.2, 0.25) is 0 Å². The second-order valence-electron chi connectivity index (χ2n) is 7.63. The molecule has 174 valence electrons. The van der Waals surface area contributed by atoms with Gasteiger partial charge in [-0.2, -0.15) is 5.21 Å². The van der Waals surface area contributed by atoms with Crippen molar-refractivity contribution in [3.63, 3.8) is 0 Å². The van der Waals surface area contributed by atoms with E-state index in [2.05, 4.69) is 56.7 Å². The Hall–Kier alpha value is -3.95. The van der Waals surface area contributed by atoms with Gasteiger partial charge in [0.2, 0.25) is 4.77 Å². The van der Waals surface area contributed by atoms with Gasteiger partial charge in [0, 0.05) is 12.7 Å². The summed E-state index contributed by atoms with van der Waals surface area (Å²) in [4.78, 5) is 5.75. The summed E-state index contributed by atoms with van der Waals surface area (Å²) in [5, 5.41) is 22.9. The van der Waals surface area contributed by atoms with E-state index in [9.17, 15) is 5.11 Å². The minimum Gasteiger partial charge on any atom is -0.508 e. The lowest BCUT2D eigenvalue weighted by Crippen LogP contribution is -2.04. The minimum absolute atomic E-state index is 0.275. The Kier molecular flexibility index (Phi) is 7.69. The molecule has 0 unspecified atom stereocenters. The van der Waals surface area contributed by atoms with Gasteiger partial charge >= 0.3 is 0 Å². The number of aromatic nitrogens is 4. The largest absolute Gasteiger partial charge is 0.508 e. The van der Waals surface area contributed by atoms with Gasteiger partial charge in [-0.3, -0.25) is 10.3 Å². The van der Waals surface area contributed by atoms with Crippen LogP contribution in [0.15, 0.2) is 72.8 Å². The number of hydrogen-bond acceptors (Lipinski definition) is 7. The summed E-state index contributed by atoms with van der Waals surface area (Å²) in [6.45, 7) is 0.412. The molecule has 0 aliphatic heterocycles. The van der Waals surface area contributed by atoms with Crippen LogP contribution in [0, 0.1) is 4.77 Å². The number of nitrogens with zero attached hydrogens (tertiary/aromatic N) is 3. The second-order valence-corrected chi connectivity index (χ2v) is 8.00. The summed E-state index contributed by atoms with van der Waals surface area (Å²) in [5.41, 5.74) is 9.06. The Bertz CT molecular complexity index is 1310. The fourth-order valence-electron chi connectivity index (χ4n) is 3.51. The quantitative estimate of drug-likeness (QED) is 0.184. The first-order valence-electron chi connectivity index (χ1n) is 10.9. The van der Waals surface area contributed by atoms with Crippen LogP contribution in [0.25, 0.3) is 11.8 Å². The lowest BCUT2D eigenvalue weighted by molar-refractivity contribution is 0.180. The van der Waals surface area contributed by atoms with E-state index in [4.69, 9.17) is 17.1 Å². The van der Waals surface area contributed by atoms with Crippen molar-refractivity contribution in [3.05, 3.63) is 94.3 Å². The standard InChI is InChI=1S/C25H26N6O2S/c1-26-24-14-11-19(15-20(24)6-3-2-5-18-9-12-23(32)13-10-18)17-33-28-21-7-4-8-22(16-21)31-25(34)27-29-30-31/h2,4-5,7-16,26,28,32H,3,6,17H2,1H3,(H,27,30,34). The highest BCUT2D eigenvalue weighted by Gasteiger charge is 2.05. The lowest BCUT2D eigenvalue weighted by Gasteiger charge is -2.12. The molecule has 1 aromatic heterocycles. The Morgan fingerprint density at radius 1 is 1.12 bits per heavy atom. The molecule has 1 heterocycles. The second kappa shape index (κ2) is 11.3. The number of allylic oxidation sites excluding steroid dienone is 1. The van der Waals surface area contributed by atoms with Crippen molar-refractivity contribution < 1.29 is 9.94 Å². The van der Waals surface area contributed by atoms with E-state index >= 15 is 0 Å². The van der Waals surface area contributed by atoms with Crippen molar-refractivity contribution in [3.8, 4) is 11.4 Å². The first-order chi connectivity index (χ1) is 16.6. The SMILES string of the molecule is CNc1ccc(CONc2cccc(-n3[nH]nnc3=S)c2)cc1CCC=Cc1ccc(O)cc1. The molecule has 0 saturated carbocycles. The van der Waals surface area contributed by atoms with Crippen molar-refractivity contribution in [1.82, 2.24) is 20.2 Å². The fraction of sp³-hybridized carbons (Fsp3) is 0.160. The van der Waals surface area contributed by atoms with Gasteiger partial charge < -0.3 is 10.4 Å². The van der Waals surface area contributed by atoms with Crippen molar-refractivity contribution in [2.45, 2.75) is 19.4 Å². The van der Waals surface area contributed by atoms with Gasteiger partial charge in [0.1, 0.15) is 5.75 Å². The number of aromatic amines is 1. The third-order valence-electron chi connectivity index (χ3n) is 5.23.